The lowest BCUT2D eigenvalue weighted by molar-refractivity contribution is -0.122. The topological polar surface area (TPSA) is 52.7 Å². The van der Waals surface area contributed by atoms with E-state index in [0.717, 1.165) is 30.4 Å². The van der Waals surface area contributed by atoms with Gasteiger partial charge in [-0.3, -0.25) is 19.8 Å². The maximum Gasteiger partial charge on any atom is 0.271 e. The molecular formula is C16H16BrN3O2S. The summed E-state index contributed by atoms with van der Waals surface area (Å²) in [4.78, 5) is 28.3. The minimum Gasteiger partial charge on any atom is -0.377 e. The molecular weight excluding hydrogens is 378 g/mol. The molecule has 0 aromatic heterocycles. The molecule has 1 N–H and O–H groups in total. The summed E-state index contributed by atoms with van der Waals surface area (Å²) in [6, 6.07) is 7.22. The van der Waals surface area contributed by atoms with Gasteiger partial charge < -0.3 is 4.90 Å². The number of piperidine rings is 1. The van der Waals surface area contributed by atoms with Crippen molar-refractivity contribution in [3.05, 3.63) is 40.5 Å². The summed E-state index contributed by atoms with van der Waals surface area (Å²) in [5, 5.41) is 2.71. The van der Waals surface area contributed by atoms with E-state index >= 15 is 0 Å². The van der Waals surface area contributed by atoms with Gasteiger partial charge in [0.2, 0.25) is 0 Å². The summed E-state index contributed by atoms with van der Waals surface area (Å²) in [6.45, 7) is 1.74. The lowest BCUT2D eigenvalue weighted by atomic mass is 10.1. The van der Waals surface area contributed by atoms with E-state index in [-0.39, 0.29) is 16.6 Å². The van der Waals surface area contributed by atoms with Gasteiger partial charge in [0.15, 0.2) is 5.11 Å². The van der Waals surface area contributed by atoms with Crippen LogP contribution in [0.3, 0.4) is 0 Å². The third-order valence-corrected chi connectivity index (χ3v) is 4.70. The average Bonchev–Trinajstić information content (AvgIpc) is 2.54. The number of carbonyl (C=O) groups excluding carboxylic acids is 2. The summed E-state index contributed by atoms with van der Waals surface area (Å²) in [5.41, 5.74) is 0.760. The van der Waals surface area contributed by atoms with Crippen molar-refractivity contribution >= 4 is 50.8 Å². The summed E-state index contributed by atoms with van der Waals surface area (Å²) >= 11 is 8.54. The fourth-order valence-corrected chi connectivity index (χ4v) is 3.24. The van der Waals surface area contributed by atoms with E-state index in [1.54, 1.807) is 18.3 Å². The first-order chi connectivity index (χ1) is 11.1. The van der Waals surface area contributed by atoms with E-state index in [1.165, 1.54) is 11.3 Å². The number of rotatable bonds is 2. The predicted octanol–water partition coefficient (Wildman–Crippen LogP) is 2.57. The van der Waals surface area contributed by atoms with Crippen LogP contribution >= 0.6 is 28.1 Å². The van der Waals surface area contributed by atoms with Crippen LogP contribution in [0.1, 0.15) is 19.3 Å². The van der Waals surface area contributed by atoms with Gasteiger partial charge >= 0.3 is 0 Å². The lowest BCUT2D eigenvalue weighted by Crippen LogP contribution is -2.54. The first-order valence-electron chi connectivity index (χ1n) is 7.47. The quantitative estimate of drug-likeness (QED) is 0.476. The Balaban J connectivity index is 1.90. The number of carbonyl (C=O) groups is 2. The summed E-state index contributed by atoms with van der Waals surface area (Å²) in [5.74, 6) is -0.814. The number of likely N-dealkylation sites (tertiary alicyclic amines) is 1. The number of halogens is 1. The third kappa shape index (κ3) is 3.45. The van der Waals surface area contributed by atoms with E-state index < -0.39 is 5.91 Å². The Bertz CT molecular complexity index is 681. The van der Waals surface area contributed by atoms with Crippen LogP contribution in [0, 0.1) is 0 Å². The van der Waals surface area contributed by atoms with Gasteiger partial charge in [-0.2, -0.15) is 0 Å². The lowest BCUT2D eigenvalue weighted by Gasteiger charge is -2.31. The highest BCUT2D eigenvalue weighted by molar-refractivity contribution is 9.10. The minimum absolute atomic E-state index is 0.109. The zero-order valence-corrected chi connectivity index (χ0v) is 14.8. The van der Waals surface area contributed by atoms with Crippen LogP contribution in [0.5, 0.6) is 0 Å². The molecule has 1 aromatic rings. The Morgan fingerprint density at radius 3 is 2.39 bits per heavy atom. The van der Waals surface area contributed by atoms with Crippen molar-refractivity contribution in [3.8, 4) is 0 Å². The number of thiocarbonyl (C=S) groups is 1. The highest BCUT2D eigenvalue weighted by Crippen LogP contribution is 2.23. The number of nitrogens with one attached hydrogen (secondary N) is 1. The van der Waals surface area contributed by atoms with Crippen LogP contribution in [0.25, 0.3) is 0 Å². The van der Waals surface area contributed by atoms with Gasteiger partial charge in [0.05, 0.1) is 5.69 Å². The number of nitrogens with zero attached hydrogens (tertiary/aromatic N) is 2. The monoisotopic (exact) mass is 393 g/mol. The van der Waals surface area contributed by atoms with Crippen LogP contribution in [-0.2, 0) is 9.59 Å². The fourth-order valence-electron chi connectivity index (χ4n) is 2.70. The van der Waals surface area contributed by atoms with E-state index in [0.29, 0.717) is 5.69 Å². The molecule has 1 aromatic carbocycles. The second-order valence-corrected chi connectivity index (χ2v) is 6.82. The summed E-state index contributed by atoms with van der Waals surface area (Å²) in [6.07, 6.45) is 5.02. The van der Waals surface area contributed by atoms with Crippen molar-refractivity contribution in [3.63, 3.8) is 0 Å². The number of hydrogen-bond donors (Lipinski definition) is 1. The van der Waals surface area contributed by atoms with Crippen molar-refractivity contribution in [1.29, 1.82) is 0 Å². The molecule has 23 heavy (non-hydrogen) atoms. The van der Waals surface area contributed by atoms with Crippen LogP contribution in [0.4, 0.5) is 5.69 Å². The first kappa shape index (κ1) is 16.1. The van der Waals surface area contributed by atoms with Gasteiger partial charge in [0.1, 0.15) is 5.57 Å². The Hall–Kier alpha value is -1.73. The van der Waals surface area contributed by atoms with Gasteiger partial charge in [-0.15, -0.1) is 0 Å². The highest BCUT2D eigenvalue weighted by atomic mass is 79.9. The number of amides is 2. The molecule has 0 atom stereocenters. The molecule has 5 nitrogen and oxygen atoms in total. The molecule has 2 fully saturated rings. The Kier molecular flexibility index (Phi) is 4.77. The molecule has 3 rings (SSSR count). The Morgan fingerprint density at radius 2 is 1.74 bits per heavy atom. The number of hydrogen-bond acceptors (Lipinski definition) is 4. The second-order valence-electron chi connectivity index (χ2n) is 5.52. The van der Waals surface area contributed by atoms with Crippen molar-refractivity contribution < 1.29 is 9.59 Å². The molecule has 0 unspecified atom stereocenters. The predicted molar refractivity (Wildman–Crippen MR) is 95.9 cm³/mol. The van der Waals surface area contributed by atoms with Crippen LogP contribution < -0.4 is 10.2 Å². The molecule has 2 amide bonds. The first-order valence-corrected chi connectivity index (χ1v) is 8.67. The molecule has 0 radical (unpaired) electrons. The maximum absolute atomic E-state index is 12.8. The number of anilines is 1. The molecule has 0 aliphatic carbocycles. The third-order valence-electron chi connectivity index (χ3n) is 3.89. The summed E-state index contributed by atoms with van der Waals surface area (Å²) < 4.78 is 0.907. The minimum atomic E-state index is -0.432. The van der Waals surface area contributed by atoms with Crippen LogP contribution in [-0.4, -0.2) is 34.9 Å². The van der Waals surface area contributed by atoms with Crippen LogP contribution in [0.2, 0.25) is 0 Å². The Labute approximate surface area is 148 Å². The maximum atomic E-state index is 12.8. The SMILES string of the molecule is O=C1NC(=S)N(c2ccc(Br)cc2)C(=O)C1=CN1CCCCC1. The van der Waals surface area contributed by atoms with Gasteiger partial charge in [0, 0.05) is 23.8 Å². The van der Waals surface area contributed by atoms with E-state index in [1.807, 2.05) is 17.0 Å². The zero-order valence-electron chi connectivity index (χ0n) is 12.4. The number of benzene rings is 1. The average molecular weight is 394 g/mol. The molecule has 120 valence electrons. The van der Waals surface area contributed by atoms with Gasteiger partial charge in [-0.05, 0) is 55.7 Å². The molecule has 2 saturated heterocycles. The Morgan fingerprint density at radius 1 is 1.09 bits per heavy atom. The van der Waals surface area contributed by atoms with E-state index in [4.69, 9.17) is 12.2 Å². The van der Waals surface area contributed by atoms with Gasteiger partial charge in [0.25, 0.3) is 11.8 Å². The highest BCUT2D eigenvalue weighted by Gasteiger charge is 2.35. The zero-order chi connectivity index (χ0) is 16.4. The molecule has 0 bridgehead atoms. The van der Waals surface area contributed by atoms with Crippen molar-refractivity contribution in [2.45, 2.75) is 19.3 Å². The standard InChI is InChI=1S/C16H16BrN3O2S/c17-11-4-6-12(7-5-11)20-15(22)13(14(21)18-16(20)23)10-19-8-2-1-3-9-19/h4-7,10H,1-3,8-9H2,(H,18,21,23). The molecule has 2 aliphatic heterocycles. The van der Waals surface area contributed by atoms with Crippen molar-refractivity contribution in [2.24, 2.45) is 0 Å². The molecule has 2 heterocycles. The fraction of sp³-hybridized carbons (Fsp3) is 0.312. The molecule has 0 saturated carbocycles. The van der Waals surface area contributed by atoms with Gasteiger partial charge in [-0.1, -0.05) is 15.9 Å². The van der Waals surface area contributed by atoms with Crippen molar-refractivity contribution in [1.82, 2.24) is 10.2 Å². The van der Waals surface area contributed by atoms with E-state index in [2.05, 4.69) is 21.2 Å². The summed E-state index contributed by atoms with van der Waals surface area (Å²) in [7, 11) is 0. The second kappa shape index (κ2) is 6.80. The molecule has 2 aliphatic rings. The molecule has 7 heteroatoms. The normalized spacial score (nSPS) is 20.9. The molecule has 0 spiro atoms. The van der Waals surface area contributed by atoms with Crippen molar-refractivity contribution in [2.75, 3.05) is 18.0 Å². The van der Waals surface area contributed by atoms with E-state index in [9.17, 15) is 9.59 Å². The smallest absolute Gasteiger partial charge is 0.271 e. The van der Waals surface area contributed by atoms with Gasteiger partial charge in [-0.25, -0.2) is 0 Å². The largest absolute Gasteiger partial charge is 0.377 e. The van der Waals surface area contributed by atoms with Crippen LogP contribution in [0.15, 0.2) is 40.5 Å².